The number of pyridine rings is 1. The van der Waals surface area contributed by atoms with Crippen molar-refractivity contribution in [2.75, 3.05) is 11.6 Å². The predicted molar refractivity (Wildman–Crippen MR) is 47.8 cm³/mol. The average molecular weight is 162 g/mol. The van der Waals surface area contributed by atoms with Gasteiger partial charge in [-0.3, -0.25) is 0 Å². The summed E-state index contributed by atoms with van der Waals surface area (Å²) < 4.78 is 0. The first-order chi connectivity index (χ1) is 5.86. The lowest BCUT2D eigenvalue weighted by molar-refractivity contribution is 0.896. The summed E-state index contributed by atoms with van der Waals surface area (Å²) in [5, 5.41) is 5.94. The quantitative estimate of drug-likeness (QED) is 0.656. The van der Waals surface area contributed by atoms with E-state index >= 15 is 0 Å². The Kier molecular flexibility index (Phi) is 1.66. The molecular weight excluding hydrogens is 152 g/mol. The van der Waals surface area contributed by atoms with E-state index in [4.69, 9.17) is 5.73 Å². The number of hydrogen-bond donors (Lipinski definition) is 1. The number of aromatic nitrogens is 1. The first kappa shape index (κ1) is 7.09. The second kappa shape index (κ2) is 2.81. The van der Waals surface area contributed by atoms with Crippen LogP contribution < -0.4 is 10.7 Å². The van der Waals surface area contributed by atoms with Crippen LogP contribution in [0.3, 0.4) is 0 Å². The Hall–Kier alpha value is -1.58. The Morgan fingerprint density at radius 3 is 2.92 bits per heavy atom. The van der Waals surface area contributed by atoms with E-state index in [1.807, 2.05) is 23.2 Å². The summed E-state index contributed by atoms with van der Waals surface area (Å²) in [6.07, 6.45) is 2.58. The van der Waals surface area contributed by atoms with E-state index < -0.39 is 0 Å². The SMILES string of the molecule is NC1=NN(c2ccccn2)CC1. The maximum Gasteiger partial charge on any atom is 0.148 e. The van der Waals surface area contributed by atoms with Crippen LogP contribution in [-0.2, 0) is 0 Å². The zero-order chi connectivity index (χ0) is 8.39. The predicted octanol–water partition coefficient (Wildman–Crippen LogP) is 0.564. The number of anilines is 1. The molecule has 0 radical (unpaired) electrons. The van der Waals surface area contributed by atoms with Crippen molar-refractivity contribution in [3.05, 3.63) is 24.4 Å². The van der Waals surface area contributed by atoms with Crippen molar-refractivity contribution in [3.63, 3.8) is 0 Å². The Labute approximate surface area is 70.7 Å². The van der Waals surface area contributed by atoms with Crippen LogP contribution in [-0.4, -0.2) is 17.4 Å². The normalized spacial score (nSPS) is 16.3. The molecule has 1 aromatic heterocycles. The molecule has 0 amide bonds. The van der Waals surface area contributed by atoms with Gasteiger partial charge in [0.2, 0.25) is 0 Å². The fraction of sp³-hybridized carbons (Fsp3) is 0.250. The second-order valence-electron chi connectivity index (χ2n) is 2.65. The first-order valence-electron chi connectivity index (χ1n) is 3.88. The van der Waals surface area contributed by atoms with E-state index in [1.165, 1.54) is 0 Å². The molecule has 0 aliphatic carbocycles. The number of amidine groups is 1. The number of hydrogen-bond acceptors (Lipinski definition) is 4. The van der Waals surface area contributed by atoms with Crippen LogP contribution >= 0.6 is 0 Å². The summed E-state index contributed by atoms with van der Waals surface area (Å²) in [5.74, 6) is 1.54. The van der Waals surface area contributed by atoms with E-state index in [2.05, 4.69) is 10.1 Å². The molecule has 0 saturated carbocycles. The van der Waals surface area contributed by atoms with Gasteiger partial charge in [-0.15, -0.1) is 0 Å². The van der Waals surface area contributed by atoms with Gasteiger partial charge in [-0.2, -0.15) is 5.10 Å². The van der Waals surface area contributed by atoms with E-state index in [9.17, 15) is 0 Å². The molecule has 2 heterocycles. The highest BCUT2D eigenvalue weighted by Gasteiger charge is 2.13. The highest BCUT2D eigenvalue weighted by atomic mass is 15.5. The smallest absolute Gasteiger partial charge is 0.148 e. The first-order valence-corrected chi connectivity index (χ1v) is 3.88. The van der Waals surface area contributed by atoms with Crippen LogP contribution in [0.1, 0.15) is 6.42 Å². The molecule has 0 atom stereocenters. The van der Waals surface area contributed by atoms with Crippen LogP contribution in [0.5, 0.6) is 0 Å². The summed E-state index contributed by atoms with van der Waals surface area (Å²) in [6.45, 7) is 0.836. The van der Waals surface area contributed by atoms with E-state index in [0.717, 1.165) is 18.8 Å². The fourth-order valence-corrected chi connectivity index (χ4v) is 1.15. The second-order valence-corrected chi connectivity index (χ2v) is 2.65. The minimum absolute atomic E-state index is 0.681. The van der Waals surface area contributed by atoms with Crippen molar-refractivity contribution in [1.82, 2.24) is 4.98 Å². The lowest BCUT2D eigenvalue weighted by atomic mass is 10.4. The van der Waals surface area contributed by atoms with Gasteiger partial charge in [0.05, 0.1) is 6.54 Å². The maximum atomic E-state index is 5.54. The van der Waals surface area contributed by atoms with Gasteiger partial charge >= 0.3 is 0 Å². The third kappa shape index (κ3) is 1.23. The standard InChI is InChI=1S/C8H10N4/c9-7-4-6-12(11-7)8-3-1-2-5-10-8/h1-3,5H,4,6H2,(H2,9,11). The zero-order valence-corrected chi connectivity index (χ0v) is 6.64. The summed E-state index contributed by atoms with van der Waals surface area (Å²) >= 11 is 0. The topological polar surface area (TPSA) is 54.5 Å². The molecule has 12 heavy (non-hydrogen) atoms. The molecule has 1 aliphatic rings. The van der Waals surface area contributed by atoms with Gasteiger partial charge in [-0.05, 0) is 12.1 Å². The van der Waals surface area contributed by atoms with Gasteiger partial charge in [0, 0.05) is 12.6 Å². The summed E-state index contributed by atoms with van der Waals surface area (Å²) in [5.41, 5.74) is 5.54. The molecule has 0 unspecified atom stereocenters. The van der Waals surface area contributed by atoms with Gasteiger partial charge < -0.3 is 5.73 Å². The van der Waals surface area contributed by atoms with Gasteiger partial charge in [0.15, 0.2) is 0 Å². The van der Waals surface area contributed by atoms with Crippen LogP contribution in [0.2, 0.25) is 0 Å². The maximum absolute atomic E-state index is 5.54. The largest absolute Gasteiger partial charge is 0.386 e. The Morgan fingerprint density at radius 1 is 1.42 bits per heavy atom. The molecule has 2 rings (SSSR count). The summed E-state index contributed by atoms with van der Waals surface area (Å²) in [6, 6.07) is 5.74. The number of hydrazone groups is 1. The highest BCUT2D eigenvalue weighted by molar-refractivity contribution is 5.83. The molecule has 2 N–H and O–H groups in total. The monoisotopic (exact) mass is 162 g/mol. The molecule has 1 aliphatic heterocycles. The van der Waals surface area contributed by atoms with Gasteiger partial charge in [-0.1, -0.05) is 6.07 Å². The zero-order valence-electron chi connectivity index (χ0n) is 6.64. The summed E-state index contributed by atoms with van der Waals surface area (Å²) in [7, 11) is 0. The van der Waals surface area contributed by atoms with Crippen LogP contribution in [0.15, 0.2) is 29.5 Å². The Balaban J connectivity index is 2.22. The van der Waals surface area contributed by atoms with Crippen molar-refractivity contribution in [2.24, 2.45) is 10.8 Å². The van der Waals surface area contributed by atoms with Gasteiger partial charge in [0.1, 0.15) is 11.7 Å². The molecule has 4 nitrogen and oxygen atoms in total. The molecule has 4 heteroatoms. The molecular formula is C8H10N4. The molecule has 0 saturated heterocycles. The van der Waals surface area contributed by atoms with Gasteiger partial charge in [-0.25, -0.2) is 9.99 Å². The molecule has 1 aromatic rings. The van der Waals surface area contributed by atoms with E-state index in [1.54, 1.807) is 6.20 Å². The Morgan fingerprint density at radius 2 is 2.33 bits per heavy atom. The third-order valence-electron chi connectivity index (χ3n) is 1.74. The van der Waals surface area contributed by atoms with E-state index in [-0.39, 0.29) is 0 Å². The molecule has 0 aromatic carbocycles. The molecule has 0 bridgehead atoms. The van der Waals surface area contributed by atoms with Gasteiger partial charge in [0.25, 0.3) is 0 Å². The van der Waals surface area contributed by atoms with Crippen molar-refractivity contribution < 1.29 is 0 Å². The number of nitrogens with two attached hydrogens (primary N) is 1. The lowest BCUT2D eigenvalue weighted by Gasteiger charge is -2.10. The molecule has 0 fully saturated rings. The summed E-state index contributed by atoms with van der Waals surface area (Å²) in [4.78, 5) is 4.16. The van der Waals surface area contributed by atoms with Crippen molar-refractivity contribution in [1.29, 1.82) is 0 Å². The van der Waals surface area contributed by atoms with Crippen molar-refractivity contribution in [3.8, 4) is 0 Å². The van der Waals surface area contributed by atoms with Crippen molar-refractivity contribution >= 4 is 11.7 Å². The van der Waals surface area contributed by atoms with E-state index in [0.29, 0.717) is 5.84 Å². The minimum Gasteiger partial charge on any atom is -0.386 e. The molecule has 0 spiro atoms. The molecule has 62 valence electrons. The lowest BCUT2D eigenvalue weighted by Crippen LogP contribution is -2.12. The van der Waals surface area contributed by atoms with Crippen LogP contribution in [0.4, 0.5) is 5.82 Å². The number of rotatable bonds is 1. The van der Waals surface area contributed by atoms with Crippen molar-refractivity contribution in [2.45, 2.75) is 6.42 Å². The average Bonchev–Trinajstić information content (AvgIpc) is 2.54. The van der Waals surface area contributed by atoms with Crippen LogP contribution in [0.25, 0.3) is 0 Å². The fourth-order valence-electron chi connectivity index (χ4n) is 1.15. The minimum atomic E-state index is 0.681. The Bertz CT molecular complexity index is 293. The third-order valence-corrected chi connectivity index (χ3v) is 1.74. The number of nitrogens with zero attached hydrogens (tertiary/aromatic N) is 3. The highest BCUT2D eigenvalue weighted by Crippen LogP contribution is 2.13. The van der Waals surface area contributed by atoms with Crippen LogP contribution in [0, 0.1) is 0 Å².